The maximum Gasteiger partial charge on any atom is 0.274 e. The van der Waals surface area contributed by atoms with Crippen molar-refractivity contribution in [3.05, 3.63) is 53.1 Å². The minimum absolute atomic E-state index is 0.0943. The van der Waals surface area contributed by atoms with Crippen molar-refractivity contribution in [3.63, 3.8) is 0 Å². The van der Waals surface area contributed by atoms with E-state index in [0.29, 0.717) is 5.69 Å². The molecule has 4 rings (SSSR count). The van der Waals surface area contributed by atoms with Crippen LogP contribution in [0.3, 0.4) is 0 Å². The number of aryl methyl sites for hydroxylation is 1. The summed E-state index contributed by atoms with van der Waals surface area (Å²) in [5, 5.41) is 0. The summed E-state index contributed by atoms with van der Waals surface area (Å²) in [6.07, 6.45) is 4.18. The number of likely N-dealkylation sites (tertiary alicyclic amines) is 1. The van der Waals surface area contributed by atoms with Crippen LogP contribution in [-0.4, -0.2) is 44.9 Å². The molecule has 1 amide bonds. The summed E-state index contributed by atoms with van der Waals surface area (Å²) in [4.78, 5) is 21.7. The number of hydrogen-bond donors (Lipinski definition) is 0. The summed E-state index contributed by atoms with van der Waals surface area (Å²) in [5.74, 6) is 1.11. The van der Waals surface area contributed by atoms with Gasteiger partial charge in [0, 0.05) is 38.9 Å². The number of benzene rings is 1. The van der Waals surface area contributed by atoms with E-state index in [1.54, 1.807) is 0 Å². The standard InChI is InChI=1S/C20H26N4O/c1-15-6-5-7-17(12-15)13-23-10-11-24-14-18(21-19(24)16(23)2)20(25)22-8-3-4-9-22/h5-7,12,14,16H,3-4,8-11,13H2,1-2H3/t16-/m1/s1. The Labute approximate surface area is 149 Å². The van der Waals surface area contributed by atoms with Gasteiger partial charge >= 0.3 is 0 Å². The number of imidazole rings is 1. The summed E-state index contributed by atoms with van der Waals surface area (Å²) in [5.41, 5.74) is 3.24. The highest BCUT2D eigenvalue weighted by atomic mass is 16.2. The van der Waals surface area contributed by atoms with Gasteiger partial charge in [-0.2, -0.15) is 0 Å². The molecular formula is C20H26N4O. The van der Waals surface area contributed by atoms with Crippen molar-refractivity contribution in [2.24, 2.45) is 0 Å². The van der Waals surface area contributed by atoms with Gasteiger partial charge in [0.2, 0.25) is 0 Å². The van der Waals surface area contributed by atoms with Crippen LogP contribution in [-0.2, 0) is 13.1 Å². The van der Waals surface area contributed by atoms with E-state index in [1.165, 1.54) is 11.1 Å². The number of aromatic nitrogens is 2. The van der Waals surface area contributed by atoms with E-state index in [9.17, 15) is 4.79 Å². The molecule has 2 aromatic rings. The SMILES string of the molecule is Cc1cccc(CN2CCn3cc(C(=O)N4CCCC4)nc3[C@H]2C)c1. The molecule has 25 heavy (non-hydrogen) atoms. The fraction of sp³-hybridized carbons (Fsp3) is 0.500. The summed E-state index contributed by atoms with van der Waals surface area (Å²) in [7, 11) is 0. The van der Waals surface area contributed by atoms with Gasteiger partial charge < -0.3 is 9.47 Å². The first-order valence-corrected chi connectivity index (χ1v) is 9.28. The van der Waals surface area contributed by atoms with Gasteiger partial charge in [-0.3, -0.25) is 9.69 Å². The molecule has 132 valence electrons. The van der Waals surface area contributed by atoms with Crippen molar-refractivity contribution in [2.75, 3.05) is 19.6 Å². The normalized spacial score (nSPS) is 20.7. The number of carbonyl (C=O) groups excluding carboxylic acids is 1. The fourth-order valence-corrected chi connectivity index (χ4v) is 3.98. The van der Waals surface area contributed by atoms with E-state index in [-0.39, 0.29) is 11.9 Å². The quantitative estimate of drug-likeness (QED) is 0.864. The van der Waals surface area contributed by atoms with E-state index < -0.39 is 0 Å². The lowest BCUT2D eigenvalue weighted by Crippen LogP contribution is -2.36. The van der Waals surface area contributed by atoms with E-state index in [0.717, 1.165) is 51.4 Å². The average Bonchev–Trinajstić information content (AvgIpc) is 3.26. The predicted octanol–water partition coefficient (Wildman–Crippen LogP) is 3.00. The first-order valence-electron chi connectivity index (χ1n) is 9.28. The number of hydrogen-bond acceptors (Lipinski definition) is 3. The predicted molar refractivity (Wildman–Crippen MR) is 97.4 cm³/mol. The van der Waals surface area contributed by atoms with Crippen LogP contribution in [0, 0.1) is 6.92 Å². The van der Waals surface area contributed by atoms with Crippen LogP contribution < -0.4 is 0 Å². The van der Waals surface area contributed by atoms with Crippen LogP contribution in [0.25, 0.3) is 0 Å². The first-order chi connectivity index (χ1) is 12.1. The molecule has 2 aliphatic rings. The first kappa shape index (κ1) is 16.3. The second-order valence-electron chi connectivity index (χ2n) is 7.31. The van der Waals surface area contributed by atoms with E-state index >= 15 is 0 Å². The highest BCUT2D eigenvalue weighted by Gasteiger charge is 2.29. The molecule has 1 saturated heterocycles. The number of carbonyl (C=O) groups is 1. The number of amides is 1. The molecule has 0 spiro atoms. The molecule has 1 atom stereocenters. The summed E-state index contributed by atoms with van der Waals surface area (Å²) >= 11 is 0. The Morgan fingerprint density at radius 1 is 1.20 bits per heavy atom. The third kappa shape index (κ3) is 3.21. The molecular weight excluding hydrogens is 312 g/mol. The zero-order valence-electron chi connectivity index (χ0n) is 15.1. The monoisotopic (exact) mass is 338 g/mol. The Kier molecular flexibility index (Phi) is 4.34. The average molecular weight is 338 g/mol. The van der Waals surface area contributed by atoms with Crippen LogP contribution in [0.15, 0.2) is 30.5 Å². The molecule has 0 unspecified atom stereocenters. The molecule has 2 aliphatic heterocycles. The minimum Gasteiger partial charge on any atom is -0.337 e. The molecule has 3 heterocycles. The van der Waals surface area contributed by atoms with Crippen molar-refractivity contribution < 1.29 is 4.79 Å². The van der Waals surface area contributed by atoms with E-state index in [4.69, 9.17) is 4.98 Å². The van der Waals surface area contributed by atoms with Crippen molar-refractivity contribution in [2.45, 2.75) is 45.8 Å². The van der Waals surface area contributed by atoms with E-state index in [2.05, 4.69) is 47.6 Å². The van der Waals surface area contributed by atoms with Crippen LogP contribution >= 0.6 is 0 Å². The third-order valence-electron chi connectivity index (χ3n) is 5.44. The molecule has 0 saturated carbocycles. The van der Waals surface area contributed by atoms with Crippen LogP contribution in [0.5, 0.6) is 0 Å². The van der Waals surface area contributed by atoms with Gasteiger partial charge in [0.05, 0.1) is 6.04 Å². The molecule has 1 aromatic carbocycles. The summed E-state index contributed by atoms with van der Waals surface area (Å²) in [6, 6.07) is 8.90. The van der Waals surface area contributed by atoms with Gasteiger partial charge in [0.1, 0.15) is 11.5 Å². The molecule has 1 aromatic heterocycles. The van der Waals surface area contributed by atoms with Crippen molar-refractivity contribution in [3.8, 4) is 0 Å². The Morgan fingerprint density at radius 3 is 2.76 bits per heavy atom. The molecule has 5 nitrogen and oxygen atoms in total. The highest BCUT2D eigenvalue weighted by Crippen LogP contribution is 2.27. The Balaban J connectivity index is 1.52. The smallest absolute Gasteiger partial charge is 0.274 e. The zero-order chi connectivity index (χ0) is 17.4. The van der Waals surface area contributed by atoms with Crippen molar-refractivity contribution in [1.82, 2.24) is 19.4 Å². The fourth-order valence-electron chi connectivity index (χ4n) is 3.98. The van der Waals surface area contributed by atoms with Crippen LogP contribution in [0.4, 0.5) is 0 Å². The molecule has 0 bridgehead atoms. The van der Waals surface area contributed by atoms with Gasteiger partial charge in [-0.25, -0.2) is 4.98 Å². The number of rotatable bonds is 3. The molecule has 0 radical (unpaired) electrons. The second-order valence-corrected chi connectivity index (χ2v) is 7.31. The third-order valence-corrected chi connectivity index (χ3v) is 5.44. The summed E-state index contributed by atoms with van der Waals surface area (Å²) in [6.45, 7) is 8.86. The maximum atomic E-state index is 12.6. The van der Waals surface area contributed by atoms with Gasteiger partial charge in [-0.1, -0.05) is 29.8 Å². The molecule has 0 aliphatic carbocycles. The van der Waals surface area contributed by atoms with Crippen molar-refractivity contribution >= 4 is 5.91 Å². The Hall–Kier alpha value is -2.14. The zero-order valence-corrected chi connectivity index (χ0v) is 15.1. The lowest BCUT2D eigenvalue weighted by Gasteiger charge is -2.33. The second kappa shape index (κ2) is 6.64. The van der Waals surface area contributed by atoms with E-state index in [1.807, 2.05) is 11.1 Å². The van der Waals surface area contributed by atoms with Gasteiger partial charge in [-0.15, -0.1) is 0 Å². The van der Waals surface area contributed by atoms with Gasteiger partial charge in [0.15, 0.2) is 0 Å². The summed E-state index contributed by atoms with van der Waals surface area (Å²) < 4.78 is 2.17. The Morgan fingerprint density at radius 2 is 2.00 bits per heavy atom. The molecule has 5 heteroatoms. The Bertz CT molecular complexity index is 776. The largest absolute Gasteiger partial charge is 0.337 e. The van der Waals surface area contributed by atoms with Crippen LogP contribution in [0.2, 0.25) is 0 Å². The topological polar surface area (TPSA) is 41.4 Å². The lowest BCUT2D eigenvalue weighted by molar-refractivity contribution is 0.0787. The molecule has 1 fully saturated rings. The van der Waals surface area contributed by atoms with Gasteiger partial charge in [-0.05, 0) is 32.3 Å². The lowest BCUT2D eigenvalue weighted by atomic mass is 10.1. The highest BCUT2D eigenvalue weighted by molar-refractivity contribution is 5.92. The van der Waals surface area contributed by atoms with Gasteiger partial charge in [0.25, 0.3) is 5.91 Å². The maximum absolute atomic E-state index is 12.6. The van der Waals surface area contributed by atoms with Crippen molar-refractivity contribution in [1.29, 1.82) is 0 Å². The van der Waals surface area contributed by atoms with Crippen LogP contribution in [0.1, 0.15) is 53.2 Å². The molecule has 0 N–H and O–H groups in total. The minimum atomic E-state index is 0.0943. The number of nitrogens with zero attached hydrogens (tertiary/aromatic N) is 4. The number of fused-ring (bicyclic) bond motifs is 1.